The minimum absolute atomic E-state index is 0.125. The number of hydrogen-bond acceptors (Lipinski definition) is 4. The number of aromatic amines is 1. The van der Waals surface area contributed by atoms with Crippen LogP contribution in [0.3, 0.4) is 0 Å². The number of ether oxygens (including phenoxy) is 1. The standard InChI is InChI=1S/C10H12ClN3O4/c11-4-8-6-13(1-2-18-8)10(15)9-3-7(5-12-9)14(16)17/h3,5,8,12H,1-2,4,6H2. The van der Waals surface area contributed by atoms with Crippen LogP contribution in [0.4, 0.5) is 5.69 Å². The molecule has 8 heteroatoms. The SMILES string of the molecule is O=C(c1cc([N+](=O)[O-])c[nH]1)N1CCOC(CCl)C1. The highest BCUT2D eigenvalue weighted by Gasteiger charge is 2.26. The van der Waals surface area contributed by atoms with Crippen molar-refractivity contribution in [3.05, 3.63) is 28.1 Å². The maximum Gasteiger partial charge on any atom is 0.287 e. The number of nitro groups is 1. The van der Waals surface area contributed by atoms with E-state index in [0.29, 0.717) is 25.6 Å². The maximum atomic E-state index is 12.1. The van der Waals surface area contributed by atoms with E-state index in [1.54, 1.807) is 4.90 Å². The van der Waals surface area contributed by atoms with E-state index >= 15 is 0 Å². The topological polar surface area (TPSA) is 88.5 Å². The van der Waals surface area contributed by atoms with Crippen LogP contribution in [0.25, 0.3) is 0 Å². The van der Waals surface area contributed by atoms with Crippen molar-refractivity contribution in [1.29, 1.82) is 0 Å². The molecule has 1 aliphatic heterocycles. The number of alkyl halides is 1. The van der Waals surface area contributed by atoms with Crippen molar-refractivity contribution in [3.8, 4) is 0 Å². The summed E-state index contributed by atoms with van der Waals surface area (Å²) < 4.78 is 5.34. The van der Waals surface area contributed by atoms with Crippen LogP contribution in [0.15, 0.2) is 12.3 Å². The number of hydrogen-bond donors (Lipinski definition) is 1. The Morgan fingerprint density at radius 1 is 1.72 bits per heavy atom. The predicted molar refractivity (Wildman–Crippen MR) is 63.8 cm³/mol. The molecule has 0 radical (unpaired) electrons. The number of rotatable bonds is 3. The Morgan fingerprint density at radius 3 is 3.11 bits per heavy atom. The number of carbonyl (C=O) groups excluding carboxylic acids is 1. The average molecular weight is 274 g/mol. The first-order chi connectivity index (χ1) is 8.61. The van der Waals surface area contributed by atoms with Crippen LogP contribution in [0.2, 0.25) is 0 Å². The molecule has 0 spiro atoms. The second-order valence-electron chi connectivity index (χ2n) is 3.93. The van der Waals surface area contributed by atoms with Gasteiger partial charge in [-0.15, -0.1) is 11.6 Å². The number of nitrogens with zero attached hydrogens (tertiary/aromatic N) is 2. The molecule has 1 aromatic heterocycles. The predicted octanol–water partition coefficient (Wildman–Crippen LogP) is 1.00. The molecule has 1 fully saturated rings. The zero-order valence-corrected chi connectivity index (χ0v) is 10.2. The highest BCUT2D eigenvalue weighted by Crippen LogP contribution is 2.16. The van der Waals surface area contributed by atoms with Gasteiger partial charge in [0.1, 0.15) is 5.69 Å². The van der Waals surface area contributed by atoms with Crippen molar-refractivity contribution in [2.75, 3.05) is 25.6 Å². The Hall–Kier alpha value is -1.60. The minimum Gasteiger partial charge on any atom is -0.373 e. The number of nitrogens with one attached hydrogen (secondary N) is 1. The van der Waals surface area contributed by atoms with Gasteiger partial charge in [-0.05, 0) is 0 Å². The highest BCUT2D eigenvalue weighted by atomic mass is 35.5. The lowest BCUT2D eigenvalue weighted by Gasteiger charge is -2.31. The molecule has 1 aliphatic rings. The quantitative estimate of drug-likeness (QED) is 0.505. The zero-order valence-electron chi connectivity index (χ0n) is 9.47. The van der Waals surface area contributed by atoms with E-state index in [2.05, 4.69) is 4.98 Å². The molecule has 0 saturated carbocycles. The molecule has 1 amide bonds. The van der Waals surface area contributed by atoms with E-state index in [1.807, 2.05) is 0 Å². The molecule has 1 atom stereocenters. The largest absolute Gasteiger partial charge is 0.373 e. The molecular weight excluding hydrogens is 262 g/mol. The summed E-state index contributed by atoms with van der Waals surface area (Å²) in [5, 5.41) is 10.5. The van der Waals surface area contributed by atoms with E-state index in [0.717, 1.165) is 0 Å². The van der Waals surface area contributed by atoms with Gasteiger partial charge in [0.25, 0.3) is 11.6 Å². The van der Waals surface area contributed by atoms with Crippen LogP contribution >= 0.6 is 11.6 Å². The summed E-state index contributed by atoms with van der Waals surface area (Å²) in [7, 11) is 0. The summed E-state index contributed by atoms with van der Waals surface area (Å²) in [6.07, 6.45) is 1.02. The van der Waals surface area contributed by atoms with Crippen LogP contribution in [-0.2, 0) is 4.74 Å². The number of amides is 1. The fourth-order valence-electron chi connectivity index (χ4n) is 1.78. The third kappa shape index (κ3) is 2.62. The molecular formula is C10H12ClN3O4. The van der Waals surface area contributed by atoms with Gasteiger partial charge in [0.15, 0.2) is 0 Å². The van der Waals surface area contributed by atoms with Gasteiger partial charge in [0, 0.05) is 19.2 Å². The smallest absolute Gasteiger partial charge is 0.287 e. The number of aromatic nitrogens is 1. The van der Waals surface area contributed by atoms with E-state index in [1.165, 1.54) is 12.3 Å². The first kappa shape index (κ1) is 12.8. The monoisotopic (exact) mass is 273 g/mol. The number of halogens is 1. The molecule has 1 saturated heterocycles. The van der Waals surface area contributed by atoms with Crippen LogP contribution in [0.5, 0.6) is 0 Å². The molecule has 0 aromatic carbocycles. The summed E-state index contributed by atoms with van der Waals surface area (Å²) in [6, 6.07) is 1.23. The number of H-pyrrole nitrogens is 1. The Labute approximate surface area is 108 Å². The second-order valence-corrected chi connectivity index (χ2v) is 4.24. The van der Waals surface area contributed by atoms with Gasteiger partial charge < -0.3 is 14.6 Å². The molecule has 2 rings (SSSR count). The first-order valence-electron chi connectivity index (χ1n) is 5.41. The lowest BCUT2D eigenvalue weighted by atomic mass is 10.2. The van der Waals surface area contributed by atoms with E-state index < -0.39 is 4.92 Å². The normalized spacial score (nSPS) is 19.8. The summed E-state index contributed by atoms with van der Waals surface area (Å²) in [6.45, 7) is 1.28. The van der Waals surface area contributed by atoms with Gasteiger partial charge in [0.2, 0.25) is 0 Å². The summed E-state index contributed by atoms with van der Waals surface area (Å²) in [5.74, 6) is 0.0378. The van der Waals surface area contributed by atoms with Gasteiger partial charge >= 0.3 is 0 Å². The molecule has 0 bridgehead atoms. The molecule has 1 unspecified atom stereocenters. The Morgan fingerprint density at radius 2 is 2.50 bits per heavy atom. The lowest BCUT2D eigenvalue weighted by molar-refractivity contribution is -0.384. The number of carbonyl (C=O) groups is 1. The summed E-state index contributed by atoms with van der Waals surface area (Å²) in [5.41, 5.74) is 0.0809. The van der Waals surface area contributed by atoms with Gasteiger partial charge in [-0.3, -0.25) is 14.9 Å². The Bertz CT molecular complexity index is 462. The van der Waals surface area contributed by atoms with Crippen LogP contribution in [0, 0.1) is 10.1 Å². The van der Waals surface area contributed by atoms with Crippen molar-refractivity contribution in [2.24, 2.45) is 0 Å². The minimum atomic E-state index is -0.547. The maximum absolute atomic E-state index is 12.1. The fourth-order valence-corrected chi connectivity index (χ4v) is 1.97. The van der Waals surface area contributed by atoms with E-state index in [9.17, 15) is 14.9 Å². The van der Waals surface area contributed by atoms with Crippen LogP contribution < -0.4 is 0 Å². The highest BCUT2D eigenvalue weighted by molar-refractivity contribution is 6.18. The Kier molecular flexibility index (Phi) is 3.83. The average Bonchev–Trinajstić information content (AvgIpc) is 2.87. The molecule has 1 aromatic rings. The van der Waals surface area contributed by atoms with E-state index in [4.69, 9.17) is 16.3 Å². The second kappa shape index (κ2) is 5.36. The van der Waals surface area contributed by atoms with Gasteiger partial charge in [-0.25, -0.2) is 0 Å². The zero-order chi connectivity index (χ0) is 13.1. The summed E-state index contributed by atoms with van der Waals surface area (Å²) >= 11 is 5.68. The van der Waals surface area contributed by atoms with Crippen LogP contribution in [0.1, 0.15) is 10.5 Å². The van der Waals surface area contributed by atoms with Gasteiger partial charge in [-0.2, -0.15) is 0 Å². The third-order valence-electron chi connectivity index (χ3n) is 2.71. The van der Waals surface area contributed by atoms with Crippen molar-refractivity contribution in [3.63, 3.8) is 0 Å². The molecule has 7 nitrogen and oxygen atoms in total. The molecule has 2 heterocycles. The van der Waals surface area contributed by atoms with Crippen molar-refractivity contribution in [2.45, 2.75) is 6.10 Å². The molecule has 0 aliphatic carbocycles. The fraction of sp³-hybridized carbons (Fsp3) is 0.500. The molecule has 1 N–H and O–H groups in total. The van der Waals surface area contributed by atoms with Crippen molar-refractivity contribution in [1.82, 2.24) is 9.88 Å². The lowest BCUT2D eigenvalue weighted by Crippen LogP contribution is -2.46. The van der Waals surface area contributed by atoms with Gasteiger partial charge in [0.05, 0.1) is 29.7 Å². The van der Waals surface area contributed by atoms with Crippen molar-refractivity contribution >= 4 is 23.2 Å². The Balaban J connectivity index is 2.07. The first-order valence-corrected chi connectivity index (χ1v) is 5.95. The molecule has 18 heavy (non-hydrogen) atoms. The van der Waals surface area contributed by atoms with Crippen molar-refractivity contribution < 1.29 is 14.5 Å². The molecule has 98 valence electrons. The number of morpholine rings is 1. The van der Waals surface area contributed by atoms with Crippen LogP contribution in [-0.4, -0.2) is 52.4 Å². The van der Waals surface area contributed by atoms with E-state index in [-0.39, 0.29) is 23.4 Å². The van der Waals surface area contributed by atoms with Gasteiger partial charge in [-0.1, -0.05) is 0 Å². The third-order valence-corrected chi connectivity index (χ3v) is 3.05. The summed E-state index contributed by atoms with van der Waals surface area (Å²) in [4.78, 5) is 26.2.